The number of aryl methyl sites for hydroxylation is 1. The lowest BCUT2D eigenvalue weighted by atomic mass is 10.1. The number of hydrogen-bond donors (Lipinski definition) is 2. The van der Waals surface area contributed by atoms with Gasteiger partial charge in [-0.2, -0.15) is 5.10 Å². The zero-order valence-electron chi connectivity index (χ0n) is 21.6. The van der Waals surface area contributed by atoms with Gasteiger partial charge in [-0.3, -0.25) is 24.6 Å². The number of carbonyl (C=O) groups excluding carboxylic acids is 2. The second-order valence-electron chi connectivity index (χ2n) is 9.79. The Labute approximate surface area is 223 Å². The molecular formula is C30H34N6O2. The highest BCUT2D eigenvalue weighted by molar-refractivity contribution is 6.04. The zero-order valence-corrected chi connectivity index (χ0v) is 21.6. The van der Waals surface area contributed by atoms with Crippen molar-refractivity contribution in [2.45, 2.75) is 51.4 Å². The fraction of sp³-hybridized carbons (Fsp3) is 0.333. The summed E-state index contributed by atoms with van der Waals surface area (Å²) in [7, 11) is 0. The highest BCUT2D eigenvalue weighted by Crippen LogP contribution is 2.22. The fourth-order valence-corrected chi connectivity index (χ4v) is 4.91. The highest BCUT2D eigenvalue weighted by atomic mass is 16.2. The van der Waals surface area contributed by atoms with Gasteiger partial charge in [0.15, 0.2) is 0 Å². The van der Waals surface area contributed by atoms with Crippen molar-refractivity contribution in [2.75, 3.05) is 18.4 Å². The summed E-state index contributed by atoms with van der Waals surface area (Å²) in [6, 6.07) is 17.3. The van der Waals surface area contributed by atoms with Gasteiger partial charge in [0, 0.05) is 48.7 Å². The molecule has 8 heteroatoms. The molecule has 1 saturated heterocycles. The van der Waals surface area contributed by atoms with E-state index < -0.39 is 0 Å². The maximum absolute atomic E-state index is 13.2. The first-order valence-electron chi connectivity index (χ1n) is 13.5. The van der Waals surface area contributed by atoms with Crippen molar-refractivity contribution < 1.29 is 9.59 Å². The van der Waals surface area contributed by atoms with Crippen LogP contribution >= 0.6 is 0 Å². The van der Waals surface area contributed by atoms with Crippen molar-refractivity contribution in [3.63, 3.8) is 0 Å². The fourth-order valence-electron chi connectivity index (χ4n) is 4.91. The topological polar surface area (TPSA) is 95.9 Å². The molecule has 1 aliphatic heterocycles. The first kappa shape index (κ1) is 25.4. The molecule has 38 heavy (non-hydrogen) atoms. The molecule has 1 fully saturated rings. The quantitative estimate of drug-likeness (QED) is 0.270. The number of carbonyl (C=O) groups is 2. The van der Waals surface area contributed by atoms with Crippen molar-refractivity contribution in [2.24, 2.45) is 0 Å². The number of nitrogens with zero attached hydrogens (tertiary/aromatic N) is 4. The molecule has 0 aliphatic carbocycles. The Morgan fingerprint density at radius 2 is 1.76 bits per heavy atom. The number of aromatic nitrogens is 4. The lowest BCUT2D eigenvalue weighted by Gasteiger charge is -2.26. The Balaban J connectivity index is 1.22. The third-order valence-electron chi connectivity index (χ3n) is 7.00. The number of rotatable bonds is 10. The Hall–Kier alpha value is -4.20. The molecule has 196 valence electrons. The number of para-hydroxylation sites is 1. The van der Waals surface area contributed by atoms with E-state index in [1.165, 1.54) is 6.42 Å². The van der Waals surface area contributed by atoms with Gasteiger partial charge in [0.25, 0.3) is 5.91 Å². The van der Waals surface area contributed by atoms with E-state index in [-0.39, 0.29) is 5.91 Å². The van der Waals surface area contributed by atoms with Crippen molar-refractivity contribution >= 4 is 17.8 Å². The number of nitrogens with one attached hydrogen (secondary N) is 2. The number of piperidine rings is 1. The molecule has 2 amide bonds. The van der Waals surface area contributed by atoms with Gasteiger partial charge < -0.3 is 4.90 Å². The molecule has 5 rings (SSSR count). The third-order valence-corrected chi connectivity index (χ3v) is 7.00. The number of benzene rings is 2. The maximum atomic E-state index is 13.2. The normalized spacial score (nSPS) is 13.4. The Kier molecular flexibility index (Phi) is 8.28. The van der Waals surface area contributed by atoms with Gasteiger partial charge in [0.2, 0.25) is 11.9 Å². The van der Waals surface area contributed by atoms with Crippen molar-refractivity contribution in [1.82, 2.24) is 24.6 Å². The molecule has 0 radical (unpaired) electrons. The predicted molar refractivity (Wildman–Crippen MR) is 148 cm³/mol. The molecule has 1 aliphatic rings. The molecule has 8 nitrogen and oxygen atoms in total. The van der Waals surface area contributed by atoms with Gasteiger partial charge >= 0.3 is 0 Å². The molecule has 0 atom stereocenters. The van der Waals surface area contributed by atoms with Crippen molar-refractivity contribution in [3.05, 3.63) is 84.4 Å². The smallest absolute Gasteiger partial charge is 0.258 e. The predicted octanol–water partition coefficient (Wildman–Crippen LogP) is 5.63. The molecule has 2 aromatic carbocycles. The Morgan fingerprint density at radius 1 is 0.921 bits per heavy atom. The van der Waals surface area contributed by atoms with E-state index in [9.17, 15) is 9.59 Å². The minimum absolute atomic E-state index is 0.221. The van der Waals surface area contributed by atoms with Gasteiger partial charge in [-0.15, -0.1) is 0 Å². The molecule has 0 spiro atoms. The summed E-state index contributed by atoms with van der Waals surface area (Å²) in [4.78, 5) is 32.4. The number of amides is 2. The molecule has 0 bridgehead atoms. The van der Waals surface area contributed by atoms with E-state index in [4.69, 9.17) is 4.98 Å². The molecule has 3 heterocycles. The van der Waals surface area contributed by atoms with Crippen LogP contribution < -0.4 is 5.32 Å². The SMILES string of the molecule is O=C(Nc1nc(CCCCCC(=O)N2CCCCC2)cn1-c1ccccc1)c1cccc(-c2cn[nH]c2)c1. The zero-order chi connectivity index (χ0) is 26.2. The molecule has 0 saturated carbocycles. The lowest BCUT2D eigenvalue weighted by molar-refractivity contribution is -0.132. The van der Waals surface area contributed by atoms with E-state index >= 15 is 0 Å². The van der Waals surface area contributed by atoms with Crippen LogP contribution in [0.25, 0.3) is 16.8 Å². The van der Waals surface area contributed by atoms with Crippen LogP contribution in [0.2, 0.25) is 0 Å². The van der Waals surface area contributed by atoms with Gasteiger partial charge in [-0.25, -0.2) is 4.98 Å². The monoisotopic (exact) mass is 510 g/mol. The standard InChI is InChI=1S/C30H34N6O2/c37-28(35-17-8-3-9-18-35)16-7-1-4-13-26-22-36(27-14-5-2-6-15-27)30(33-26)34-29(38)24-12-10-11-23(19-24)25-20-31-32-21-25/h2,5-6,10-12,14-15,19-22H,1,3-4,7-9,13,16-18H2,(H,31,32)(H,33,34,38). The average Bonchev–Trinajstić information content (AvgIpc) is 3.65. The summed E-state index contributed by atoms with van der Waals surface area (Å²) in [6.07, 6.45) is 13.2. The summed E-state index contributed by atoms with van der Waals surface area (Å²) in [5, 5.41) is 9.81. The van der Waals surface area contributed by atoms with Crippen LogP contribution in [-0.2, 0) is 11.2 Å². The van der Waals surface area contributed by atoms with Crippen LogP contribution in [0.1, 0.15) is 61.0 Å². The number of imidazole rings is 1. The van der Waals surface area contributed by atoms with Crippen LogP contribution in [0.5, 0.6) is 0 Å². The van der Waals surface area contributed by atoms with E-state index in [0.29, 0.717) is 23.8 Å². The van der Waals surface area contributed by atoms with Gasteiger partial charge in [-0.05, 0) is 68.4 Å². The van der Waals surface area contributed by atoms with Gasteiger partial charge in [0.1, 0.15) is 0 Å². The van der Waals surface area contributed by atoms with Crippen LogP contribution in [0, 0.1) is 0 Å². The number of H-pyrrole nitrogens is 1. The second-order valence-corrected chi connectivity index (χ2v) is 9.79. The molecular weight excluding hydrogens is 476 g/mol. The summed E-state index contributed by atoms with van der Waals surface area (Å²) in [5.41, 5.74) is 4.23. The largest absolute Gasteiger partial charge is 0.343 e. The minimum Gasteiger partial charge on any atom is -0.343 e. The van der Waals surface area contributed by atoms with E-state index in [1.54, 1.807) is 18.5 Å². The van der Waals surface area contributed by atoms with Crippen LogP contribution in [0.4, 0.5) is 5.95 Å². The number of hydrogen-bond acceptors (Lipinski definition) is 4. The number of anilines is 1. The minimum atomic E-state index is -0.221. The highest BCUT2D eigenvalue weighted by Gasteiger charge is 2.17. The van der Waals surface area contributed by atoms with Gasteiger partial charge in [0.05, 0.1) is 11.9 Å². The number of unbranched alkanes of at least 4 members (excludes halogenated alkanes) is 2. The second kappa shape index (κ2) is 12.4. The summed E-state index contributed by atoms with van der Waals surface area (Å²) >= 11 is 0. The molecule has 2 N–H and O–H groups in total. The van der Waals surface area contributed by atoms with Crippen molar-refractivity contribution in [1.29, 1.82) is 0 Å². The van der Waals surface area contributed by atoms with Crippen LogP contribution in [0.15, 0.2) is 73.2 Å². The Bertz CT molecular complexity index is 1340. The first-order chi connectivity index (χ1) is 18.7. The van der Waals surface area contributed by atoms with Crippen molar-refractivity contribution in [3.8, 4) is 16.8 Å². The van der Waals surface area contributed by atoms with Crippen LogP contribution in [0.3, 0.4) is 0 Å². The number of likely N-dealkylation sites (tertiary alicyclic amines) is 1. The lowest BCUT2D eigenvalue weighted by Crippen LogP contribution is -2.35. The molecule has 0 unspecified atom stereocenters. The first-order valence-corrected chi connectivity index (χ1v) is 13.5. The third kappa shape index (κ3) is 6.37. The Morgan fingerprint density at radius 3 is 2.55 bits per heavy atom. The summed E-state index contributed by atoms with van der Waals surface area (Å²) in [6.45, 7) is 1.83. The van der Waals surface area contributed by atoms with E-state index in [2.05, 4.69) is 15.5 Å². The molecule has 4 aromatic rings. The number of aromatic amines is 1. The summed E-state index contributed by atoms with van der Waals surface area (Å²) in [5.74, 6) is 0.561. The summed E-state index contributed by atoms with van der Waals surface area (Å²) < 4.78 is 1.92. The van der Waals surface area contributed by atoms with E-state index in [0.717, 1.165) is 74.1 Å². The maximum Gasteiger partial charge on any atom is 0.258 e. The average molecular weight is 511 g/mol. The van der Waals surface area contributed by atoms with Crippen LogP contribution in [-0.4, -0.2) is 49.6 Å². The molecule has 2 aromatic heterocycles. The van der Waals surface area contributed by atoms with E-state index in [1.807, 2.05) is 64.2 Å². The van der Waals surface area contributed by atoms with Gasteiger partial charge in [-0.1, -0.05) is 36.8 Å².